The van der Waals surface area contributed by atoms with Crippen LogP contribution in [0.15, 0.2) is 24.3 Å². The average Bonchev–Trinajstić information content (AvgIpc) is 2.91. The normalized spacial score (nSPS) is 17.8. The van der Waals surface area contributed by atoms with Crippen LogP contribution in [0.4, 0.5) is 11.4 Å². The molecule has 0 spiro atoms. The summed E-state index contributed by atoms with van der Waals surface area (Å²) in [5.41, 5.74) is 1.41. The fourth-order valence-electron chi connectivity index (χ4n) is 2.33. The Bertz CT molecular complexity index is 508. The van der Waals surface area contributed by atoms with Crippen molar-refractivity contribution in [1.29, 1.82) is 0 Å². The lowest BCUT2D eigenvalue weighted by Crippen LogP contribution is -2.27. The molecule has 0 aromatic heterocycles. The van der Waals surface area contributed by atoms with Crippen LogP contribution in [0.3, 0.4) is 0 Å². The van der Waals surface area contributed by atoms with Gasteiger partial charge in [0.2, 0.25) is 11.8 Å². The standard InChI is InChI=1S/C16H23N3O2/c1-11(2)16(21)19-14-6-3-5-13(9-14)18-15(20)10-12-7-4-8-17-12/h3,5-6,9,11-12,17H,4,7-8,10H2,1-2H3,(H,18,20)(H,19,21). The highest BCUT2D eigenvalue weighted by molar-refractivity contribution is 5.94. The van der Waals surface area contributed by atoms with Crippen LogP contribution in [0.5, 0.6) is 0 Å². The molecular weight excluding hydrogens is 266 g/mol. The molecule has 1 aliphatic rings. The molecule has 0 bridgehead atoms. The van der Waals surface area contributed by atoms with E-state index in [4.69, 9.17) is 0 Å². The van der Waals surface area contributed by atoms with Crippen LogP contribution in [0.1, 0.15) is 33.1 Å². The van der Waals surface area contributed by atoms with Crippen LogP contribution in [0.25, 0.3) is 0 Å². The van der Waals surface area contributed by atoms with E-state index in [0.29, 0.717) is 17.8 Å². The van der Waals surface area contributed by atoms with Gasteiger partial charge in [-0.15, -0.1) is 0 Å². The minimum Gasteiger partial charge on any atom is -0.326 e. The van der Waals surface area contributed by atoms with E-state index in [1.165, 1.54) is 0 Å². The fraction of sp³-hybridized carbons (Fsp3) is 0.500. The second kappa shape index (κ2) is 7.22. The van der Waals surface area contributed by atoms with Crippen LogP contribution in [-0.2, 0) is 9.59 Å². The zero-order valence-corrected chi connectivity index (χ0v) is 12.6. The molecular formula is C16H23N3O2. The Kier molecular flexibility index (Phi) is 5.33. The molecule has 1 aromatic carbocycles. The van der Waals surface area contributed by atoms with Gasteiger partial charge in [0.1, 0.15) is 0 Å². The van der Waals surface area contributed by atoms with Gasteiger partial charge in [-0.2, -0.15) is 0 Å². The summed E-state index contributed by atoms with van der Waals surface area (Å²) < 4.78 is 0. The number of carbonyl (C=O) groups is 2. The SMILES string of the molecule is CC(C)C(=O)Nc1cccc(NC(=O)CC2CCCN2)c1. The van der Waals surface area contributed by atoms with Crippen molar-refractivity contribution in [2.24, 2.45) is 5.92 Å². The number of hydrogen-bond donors (Lipinski definition) is 3. The third-order valence-electron chi connectivity index (χ3n) is 3.53. The zero-order valence-electron chi connectivity index (χ0n) is 12.6. The van der Waals surface area contributed by atoms with E-state index in [2.05, 4.69) is 16.0 Å². The molecule has 1 aliphatic heterocycles. The Hall–Kier alpha value is -1.88. The lowest BCUT2D eigenvalue weighted by molar-refractivity contribution is -0.119. The highest BCUT2D eigenvalue weighted by Gasteiger charge is 2.17. The van der Waals surface area contributed by atoms with Gasteiger partial charge in [-0.05, 0) is 37.6 Å². The number of hydrogen-bond acceptors (Lipinski definition) is 3. The first kappa shape index (κ1) is 15.5. The molecule has 5 heteroatoms. The summed E-state index contributed by atoms with van der Waals surface area (Å²) in [7, 11) is 0. The van der Waals surface area contributed by atoms with Crippen LogP contribution < -0.4 is 16.0 Å². The van der Waals surface area contributed by atoms with Gasteiger partial charge in [0.15, 0.2) is 0 Å². The summed E-state index contributed by atoms with van der Waals surface area (Å²) in [4.78, 5) is 23.6. The van der Waals surface area contributed by atoms with Crippen molar-refractivity contribution in [3.05, 3.63) is 24.3 Å². The van der Waals surface area contributed by atoms with Crippen molar-refractivity contribution >= 4 is 23.2 Å². The Morgan fingerprint density at radius 1 is 1.29 bits per heavy atom. The van der Waals surface area contributed by atoms with Gasteiger partial charge in [0.25, 0.3) is 0 Å². The molecule has 2 rings (SSSR count). The number of rotatable bonds is 5. The van der Waals surface area contributed by atoms with Crippen LogP contribution in [0, 0.1) is 5.92 Å². The van der Waals surface area contributed by atoms with Crippen molar-refractivity contribution in [3.63, 3.8) is 0 Å². The summed E-state index contributed by atoms with van der Waals surface area (Å²) in [5, 5.41) is 9.01. The van der Waals surface area contributed by atoms with Crippen molar-refractivity contribution in [3.8, 4) is 0 Å². The summed E-state index contributed by atoms with van der Waals surface area (Å²) >= 11 is 0. The fourth-order valence-corrected chi connectivity index (χ4v) is 2.33. The van der Waals surface area contributed by atoms with Gasteiger partial charge >= 0.3 is 0 Å². The van der Waals surface area contributed by atoms with Crippen LogP contribution >= 0.6 is 0 Å². The molecule has 1 aromatic rings. The minimum absolute atomic E-state index is 0.00161. The van der Waals surface area contributed by atoms with Crippen LogP contribution in [0.2, 0.25) is 0 Å². The molecule has 1 saturated heterocycles. The van der Waals surface area contributed by atoms with E-state index in [9.17, 15) is 9.59 Å². The van der Waals surface area contributed by atoms with Gasteiger partial charge in [-0.3, -0.25) is 9.59 Å². The van der Waals surface area contributed by atoms with Gasteiger partial charge in [0, 0.05) is 29.8 Å². The smallest absolute Gasteiger partial charge is 0.226 e. The first-order chi connectivity index (χ1) is 10.0. The molecule has 21 heavy (non-hydrogen) atoms. The highest BCUT2D eigenvalue weighted by Crippen LogP contribution is 2.17. The number of carbonyl (C=O) groups excluding carboxylic acids is 2. The Labute approximate surface area is 125 Å². The van der Waals surface area contributed by atoms with E-state index in [-0.39, 0.29) is 23.8 Å². The maximum absolute atomic E-state index is 12.0. The molecule has 1 heterocycles. The second-order valence-corrected chi connectivity index (χ2v) is 5.77. The highest BCUT2D eigenvalue weighted by atomic mass is 16.2. The number of anilines is 2. The predicted octanol–water partition coefficient (Wildman–Crippen LogP) is 2.36. The van der Waals surface area contributed by atoms with Crippen molar-refractivity contribution in [2.45, 2.75) is 39.2 Å². The Morgan fingerprint density at radius 2 is 2.00 bits per heavy atom. The van der Waals surface area contributed by atoms with E-state index in [0.717, 1.165) is 19.4 Å². The maximum Gasteiger partial charge on any atom is 0.226 e. The minimum atomic E-state index is -0.0725. The summed E-state index contributed by atoms with van der Waals surface area (Å²) in [6, 6.07) is 7.52. The molecule has 3 N–H and O–H groups in total. The Balaban J connectivity index is 1.90. The first-order valence-electron chi connectivity index (χ1n) is 7.49. The molecule has 0 saturated carbocycles. The number of nitrogens with one attached hydrogen (secondary N) is 3. The number of amides is 2. The molecule has 0 radical (unpaired) electrons. The van der Waals surface area contributed by atoms with E-state index < -0.39 is 0 Å². The third-order valence-corrected chi connectivity index (χ3v) is 3.53. The molecule has 114 valence electrons. The van der Waals surface area contributed by atoms with Crippen molar-refractivity contribution in [1.82, 2.24) is 5.32 Å². The van der Waals surface area contributed by atoms with Crippen molar-refractivity contribution < 1.29 is 9.59 Å². The maximum atomic E-state index is 12.0. The average molecular weight is 289 g/mol. The molecule has 1 atom stereocenters. The molecule has 0 aliphatic carbocycles. The van der Waals surface area contributed by atoms with Gasteiger partial charge in [0.05, 0.1) is 0 Å². The molecule has 5 nitrogen and oxygen atoms in total. The van der Waals surface area contributed by atoms with Crippen LogP contribution in [-0.4, -0.2) is 24.4 Å². The van der Waals surface area contributed by atoms with E-state index in [1.54, 1.807) is 6.07 Å². The lowest BCUT2D eigenvalue weighted by Gasteiger charge is -2.12. The lowest BCUT2D eigenvalue weighted by atomic mass is 10.1. The van der Waals surface area contributed by atoms with E-state index >= 15 is 0 Å². The summed E-state index contributed by atoms with van der Waals surface area (Å²) in [6.45, 7) is 4.68. The van der Waals surface area contributed by atoms with Gasteiger partial charge in [-0.25, -0.2) is 0 Å². The first-order valence-corrected chi connectivity index (χ1v) is 7.49. The summed E-state index contributed by atoms with van der Waals surface area (Å²) in [6.07, 6.45) is 2.68. The van der Waals surface area contributed by atoms with Gasteiger partial charge in [-0.1, -0.05) is 19.9 Å². The summed E-state index contributed by atoms with van der Waals surface area (Å²) in [5.74, 6) is -0.105. The Morgan fingerprint density at radius 3 is 2.62 bits per heavy atom. The number of benzene rings is 1. The topological polar surface area (TPSA) is 70.2 Å². The third kappa shape index (κ3) is 4.86. The predicted molar refractivity (Wildman–Crippen MR) is 84.2 cm³/mol. The second-order valence-electron chi connectivity index (χ2n) is 5.77. The van der Waals surface area contributed by atoms with E-state index in [1.807, 2.05) is 32.0 Å². The molecule has 1 unspecified atom stereocenters. The van der Waals surface area contributed by atoms with Crippen molar-refractivity contribution in [2.75, 3.05) is 17.2 Å². The molecule has 2 amide bonds. The zero-order chi connectivity index (χ0) is 15.2. The molecule has 1 fully saturated rings. The monoisotopic (exact) mass is 289 g/mol. The largest absolute Gasteiger partial charge is 0.326 e. The quantitative estimate of drug-likeness (QED) is 0.779. The van der Waals surface area contributed by atoms with Gasteiger partial charge < -0.3 is 16.0 Å².